The van der Waals surface area contributed by atoms with E-state index in [1.807, 2.05) is 17.8 Å². The van der Waals surface area contributed by atoms with Crippen LogP contribution in [-0.2, 0) is 0 Å². The Hall–Kier alpha value is -0.730. The number of hydrogen-bond acceptors (Lipinski definition) is 2. The van der Waals surface area contributed by atoms with Crippen LogP contribution in [0.3, 0.4) is 0 Å². The molecule has 0 unspecified atom stereocenters. The van der Waals surface area contributed by atoms with E-state index in [0.29, 0.717) is 0 Å². The van der Waals surface area contributed by atoms with E-state index in [9.17, 15) is 0 Å². The number of unbranched alkanes of at least 4 members (excludes halogenated alkanes) is 2. The molecule has 1 rings (SSSR count). The molecule has 2 heteroatoms. The summed E-state index contributed by atoms with van der Waals surface area (Å²) in [6.45, 7) is 6.10. The summed E-state index contributed by atoms with van der Waals surface area (Å²) in [5.41, 5.74) is 2.41. The summed E-state index contributed by atoms with van der Waals surface area (Å²) in [5.74, 6) is 1.29. The van der Waals surface area contributed by atoms with Gasteiger partial charge in [-0.1, -0.05) is 43.3 Å². The SMILES string of the molecule is C=C(CNCCCCCSC)c1ccccc1. The average Bonchev–Trinajstić information content (AvgIpc) is 2.38. The highest BCUT2D eigenvalue weighted by Gasteiger charge is 1.96. The molecule has 0 aliphatic heterocycles. The second-order valence-electron chi connectivity index (χ2n) is 4.20. The predicted octanol–water partition coefficient (Wildman–Crippen LogP) is 3.82. The van der Waals surface area contributed by atoms with Gasteiger partial charge in [-0.05, 0) is 42.5 Å². The molecule has 0 saturated carbocycles. The van der Waals surface area contributed by atoms with Crippen molar-refractivity contribution in [2.24, 2.45) is 0 Å². The minimum atomic E-state index is 0.895. The number of nitrogens with one attached hydrogen (secondary N) is 1. The van der Waals surface area contributed by atoms with E-state index in [1.54, 1.807) is 0 Å². The van der Waals surface area contributed by atoms with Gasteiger partial charge in [-0.3, -0.25) is 0 Å². The molecule has 1 nitrogen and oxygen atoms in total. The Morgan fingerprint density at radius 3 is 2.65 bits per heavy atom. The first-order valence-corrected chi connectivity index (χ1v) is 7.67. The van der Waals surface area contributed by atoms with Crippen LogP contribution in [0, 0.1) is 0 Å². The molecule has 0 amide bonds. The van der Waals surface area contributed by atoms with Crippen LogP contribution in [0.5, 0.6) is 0 Å². The van der Waals surface area contributed by atoms with Gasteiger partial charge in [0.15, 0.2) is 0 Å². The van der Waals surface area contributed by atoms with Gasteiger partial charge >= 0.3 is 0 Å². The molecule has 0 saturated heterocycles. The maximum absolute atomic E-state index is 4.11. The Bertz CT molecular complexity index is 308. The molecular weight excluding hydrogens is 226 g/mol. The fraction of sp³-hybridized carbons (Fsp3) is 0.467. The molecule has 94 valence electrons. The third-order valence-corrected chi connectivity index (χ3v) is 3.42. The molecule has 1 aromatic carbocycles. The molecule has 0 heterocycles. The second kappa shape index (κ2) is 9.32. The molecule has 0 aromatic heterocycles. The van der Waals surface area contributed by atoms with Crippen LogP contribution in [0.4, 0.5) is 0 Å². The fourth-order valence-corrected chi connectivity index (χ4v) is 2.18. The number of benzene rings is 1. The highest BCUT2D eigenvalue weighted by atomic mass is 32.2. The van der Waals surface area contributed by atoms with Gasteiger partial charge < -0.3 is 5.32 Å². The van der Waals surface area contributed by atoms with Gasteiger partial charge in [0.2, 0.25) is 0 Å². The van der Waals surface area contributed by atoms with Gasteiger partial charge in [0.05, 0.1) is 0 Å². The number of rotatable bonds is 9. The molecule has 0 aliphatic rings. The minimum Gasteiger partial charge on any atom is -0.313 e. The molecule has 1 aromatic rings. The standard InChI is InChI=1S/C15H23NS/c1-14(15-9-5-3-6-10-15)13-16-11-7-4-8-12-17-2/h3,5-6,9-10,16H,1,4,7-8,11-13H2,2H3. The van der Waals surface area contributed by atoms with Crippen molar-refractivity contribution in [3.05, 3.63) is 42.5 Å². The predicted molar refractivity (Wildman–Crippen MR) is 80.6 cm³/mol. The van der Waals surface area contributed by atoms with E-state index in [-0.39, 0.29) is 0 Å². The van der Waals surface area contributed by atoms with Gasteiger partial charge in [-0.2, -0.15) is 11.8 Å². The summed E-state index contributed by atoms with van der Waals surface area (Å²) in [6.07, 6.45) is 6.10. The molecule has 0 atom stereocenters. The number of hydrogen-bond donors (Lipinski definition) is 1. The van der Waals surface area contributed by atoms with Gasteiger partial charge in [0.25, 0.3) is 0 Å². The van der Waals surface area contributed by atoms with Gasteiger partial charge in [-0.15, -0.1) is 0 Å². The summed E-state index contributed by atoms with van der Waals surface area (Å²) in [4.78, 5) is 0. The highest BCUT2D eigenvalue weighted by Crippen LogP contribution is 2.10. The van der Waals surface area contributed by atoms with Crippen molar-refractivity contribution in [1.29, 1.82) is 0 Å². The Balaban J connectivity index is 2.05. The summed E-state index contributed by atoms with van der Waals surface area (Å²) in [6, 6.07) is 10.4. The average molecular weight is 249 g/mol. The van der Waals surface area contributed by atoms with E-state index in [4.69, 9.17) is 0 Å². The van der Waals surface area contributed by atoms with E-state index in [0.717, 1.165) is 13.1 Å². The summed E-state index contributed by atoms with van der Waals surface area (Å²) in [5, 5.41) is 3.45. The van der Waals surface area contributed by atoms with Crippen LogP contribution in [0.1, 0.15) is 24.8 Å². The van der Waals surface area contributed by atoms with Crippen molar-refractivity contribution < 1.29 is 0 Å². The third kappa shape index (κ3) is 6.54. The first-order chi connectivity index (χ1) is 8.34. The van der Waals surface area contributed by atoms with Crippen LogP contribution >= 0.6 is 11.8 Å². The maximum atomic E-state index is 4.11. The monoisotopic (exact) mass is 249 g/mol. The van der Waals surface area contributed by atoms with Gasteiger partial charge in [-0.25, -0.2) is 0 Å². The van der Waals surface area contributed by atoms with Gasteiger partial charge in [0, 0.05) is 6.54 Å². The lowest BCUT2D eigenvalue weighted by molar-refractivity contribution is 0.652. The van der Waals surface area contributed by atoms with Crippen LogP contribution in [-0.4, -0.2) is 25.1 Å². The van der Waals surface area contributed by atoms with Gasteiger partial charge in [0.1, 0.15) is 0 Å². The Morgan fingerprint density at radius 1 is 1.18 bits per heavy atom. The molecular formula is C15H23NS. The summed E-state index contributed by atoms with van der Waals surface area (Å²) >= 11 is 1.93. The van der Waals surface area contributed by atoms with E-state index in [2.05, 4.69) is 42.4 Å². The van der Waals surface area contributed by atoms with Crippen molar-refractivity contribution in [3.63, 3.8) is 0 Å². The largest absolute Gasteiger partial charge is 0.313 e. The molecule has 0 bridgehead atoms. The lowest BCUT2D eigenvalue weighted by atomic mass is 10.1. The maximum Gasteiger partial charge on any atom is 0.0205 e. The highest BCUT2D eigenvalue weighted by molar-refractivity contribution is 7.98. The molecule has 0 spiro atoms. The first kappa shape index (κ1) is 14.3. The van der Waals surface area contributed by atoms with Crippen molar-refractivity contribution in [2.75, 3.05) is 25.1 Å². The number of thioether (sulfide) groups is 1. The lowest BCUT2D eigenvalue weighted by Crippen LogP contribution is -2.17. The minimum absolute atomic E-state index is 0.895. The van der Waals surface area contributed by atoms with E-state index in [1.165, 1.54) is 36.2 Å². The van der Waals surface area contributed by atoms with Crippen LogP contribution < -0.4 is 5.32 Å². The fourth-order valence-electron chi connectivity index (χ4n) is 1.69. The zero-order valence-corrected chi connectivity index (χ0v) is 11.6. The first-order valence-electron chi connectivity index (χ1n) is 6.27. The van der Waals surface area contributed by atoms with Crippen LogP contribution in [0.25, 0.3) is 5.57 Å². The molecule has 0 fully saturated rings. The lowest BCUT2D eigenvalue weighted by Gasteiger charge is -2.07. The zero-order chi connectivity index (χ0) is 12.3. The summed E-state index contributed by atoms with van der Waals surface area (Å²) in [7, 11) is 0. The molecule has 0 aliphatic carbocycles. The molecule has 0 radical (unpaired) electrons. The topological polar surface area (TPSA) is 12.0 Å². The van der Waals surface area contributed by atoms with Crippen molar-refractivity contribution in [3.8, 4) is 0 Å². The van der Waals surface area contributed by atoms with Crippen molar-refractivity contribution in [2.45, 2.75) is 19.3 Å². The Labute approximate surface area is 110 Å². The Morgan fingerprint density at radius 2 is 1.94 bits per heavy atom. The van der Waals surface area contributed by atoms with Crippen LogP contribution in [0.2, 0.25) is 0 Å². The normalized spacial score (nSPS) is 10.4. The molecule has 17 heavy (non-hydrogen) atoms. The van der Waals surface area contributed by atoms with Crippen molar-refractivity contribution in [1.82, 2.24) is 5.32 Å². The second-order valence-corrected chi connectivity index (χ2v) is 5.19. The third-order valence-electron chi connectivity index (χ3n) is 2.72. The quantitative estimate of drug-likeness (QED) is 0.668. The smallest absolute Gasteiger partial charge is 0.0205 e. The van der Waals surface area contributed by atoms with E-state index >= 15 is 0 Å². The Kier molecular flexibility index (Phi) is 7.85. The zero-order valence-electron chi connectivity index (χ0n) is 10.7. The summed E-state index contributed by atoms with van der Waals surface area (Å²) < 4.78 is 0. The van der Waals surface area contributed by atoms with Crippen molar-refractivity contribution >= 4 is 17.3 Å². The molecule has 1 N–H and O–H groups in total. The van der Waals surface area contributed by atoms with E-state index < -0.39 is 0 Å². The van der Waals surface area contributed by atoms with Crippen LogP contribution in [0.15, 0.2) is 36.9 Å².